The molecule has 2 N–H and O–H groups in total. The zero-order chi connectivity index (χ0) is 17.9. The van der Waals surface area contributed by atoms with Gasteiger partial charge >= 0.3 is 0 Å². The number of carbonyl (C=O) groups excluding carboxylic acids is 1. The lowest BCUT2D eigenvalue weighted by Crippen LogP contribution is -2.35. The van der Waals surface area contributed by atoms with Crippen LogP contribution in [-0.4, -0.2) is 41.8 Å². The number of aromatic nitrogens is 2. The molecule has 1 atom stereocenters. The summed E-state index contributed by atoms with van der Waals surface area (Å²) in [4.78, 5) is 20.4. The number of rotatable bonds is 5. The lowest BCUT2D eigenvalue weighted by molar-refractivity contribution is 0.0940. The van der Waals surface area contributed by atoms with E-state index in [4.69, 9.17) is 0 Å². The van der Waals surface area contributed by atoms with Gasteiger partial charge in [0.15, 0.2) is 9.84 Å². The van der Waals surface area contributed by atoms with Crippen molar-refractivity contribution in [3.63, 3.8) is 0 Å². The summed E-state index contributed by atoms with van der Waals surface area (Å²) in [5.41, 5.74) is 2.61. The second-order valence-electron chi connectivity index (χ2n) is 6.21. The Morgan fingerprint density at radius 1 is 1.28 bits per heavy atom. The minimum absolute atomic E-state index is 0.00424. The van der Waals surface area contributed by atoms with Crippen molar-refractivity contribution >= 4 is 21.7 Å². The van der Waals surface area contributed by atoms with Crippen LogP contribution in [0, 0.1) is 6.92 Å². The quantitative estimate of drug-likeness (QED) is 0.834. The predicted octanol–water partition coefficient (Wildman–Crippen LogP) is 1.31. The molecule has 1 aromatic carbocycles. The maximum Gasteiger partial charge on any atom is 0.254 e. The van der Waals surface area contributed by atoms with Gasteiger partial charge in [-0.2, -0.15) is 0 Å². The van der Waals surface area contributed by atoms with Crippen LogP contribution >= 0.6 is 0 Å². The molecule has 0 saturated carbocycles. The van der Waals surface area contributed by atoms with Crippen LogP contribution in [0.15, 0.2) is 36.7 Å². The highest BCUT2D eigenvalue weighted by Gasteiger charge is 2.29. The molecule has 2 heterocycles. The van der Waals surface area contributed by atoms with Gasteiger partial charge in [-0.15, -0.1) is 0 Å². The molecule has 0 radical (unpaired) electrons. The van der Waals surface area contributed by atoms with Gasteiger partial charge in [0.05, 0.1) is 17.1 Å². The molecule has 0 bridgehead atoms. The molecule has 1 unspecified atom stereocenters. The summed E-state index contributed by atoms with van der Waals surface area (Å²) in [7, 11) is -3.02. The first-order chi connectivity index (χ1) is 11.9. The highest BCUT2D eigenvalue weighted by atomic mass is 32.2. The molecule has 1 amide bonds. The number of sulfone groups is 1. The molecule has 25 heavy (non-hydrogen) atoms. The Balaban J connectivity index is 1.55. The van der Waals surface area contributed by atoms with E-state index in [1.165, 1.54) is 18.0 Å². The average Bonchev–Trinajstić information content (AvgIpc) is 2.92. The summed E-state index contributed by atoms with van der Waals surface area (Å²) in [5, 5.41) is 5.82. The highest BCUT2D eigenvalue weighted by molar-refractivity contribution is 7.91. The van der Waals surface area contributed by atoms with Crippen LogP contribution in [0.4, 0.5) is 5.95 Å². The number of anilines is 1. The van der Waals surface area contributed by atoms with E-state index < -0.39 is 9.84 Å². The van der Waals surface area contributed by atoms with E-state index in [2.05, 4.69) is 26.7 Å². The van der Waals surface area contributed by atoms with E-state index in [0.717, 1.165) is 5.56 Å². The maximum atomic E-state index is 12.1. The molecule has 3 rings (SSSR count). The molecule has 1 aromatic heterocycles. The normalized spacial score (nSPS) is 18.7. The fourth-order valence-corrected chi connectivity index (χ4v) is 4.39. The van der Waals surface area contributed by atoms with Crippen LogP contribution in [0.3, 0.4) is 0 Å². The summed E-state index contributed by atoms with van der Waals surface area (Å²) in [6, 6.07) is 7.77. The van der Waals surface area contributed by atoms with Gasteiger partial charge in [0, 0.05) is 25.0 Å². The van der Waals surface area contributed by atoms with Crippen molar-refractivity contribution in [3.05, 3.63) is 53.3 Å². The number of benzene rings is 1. The van der Waals surface area contributed by atoms with Gasteiger partial charge in [-0.1, -0.05) is 29.8 Å². The monoisotopic (exact) mass is 360 g/mol. The maximum absolute atomic E-state index is 12.1. The molecule has 132 valence electrons. The van der Waals surface area contributed by atoms with Gasteiger partial charge in [0.25, 0.3) is 5.91 Å². The van der Waals surface area contributed by atoms with Crippen molar-refractivity contribution < 1.29 is 13.2 Å². The first kappa shape index (κ1) is 17.3. The van der Waals surface area contributed by atoms with Crippen molar-refractivity contribution in [2.24, 2.45) is 0 Å². The number of carbonyl (C=O) groups is 1. The van der Waals surface area contributed by atoms with Gasteiger partial charge in [-0.3, -0.25) is 4.79 Å². The molecule has 1 aliphatic rings. The first-order valence-corrected chi connectivity index (χ1v) is 9.86. The average molecular weight is 360 g/mol. The number of hydrogen-bond acceptors (Lipinski definition) is 6. The third kappa shape index (κ3) is 4.76. The standard InChI is InChI=1S/C17H20N4O3S/c1-12-3-2-4-13(7-12)8-18-17-19-9-14(10-20-17)16(22)21-15-5-6-25(23,24)11-15/h2-4,7,9-10,15H,5-6,8,11H2,1H3,(H,21,22)(H,18,19,20). The summed E-state index contributed by atoms with van der Waals surface area (Å²) in [6.45, 7) is 2.62. The largest absolute Gasteiger partial charge is 0.350 e. The van der Waals surface area contributed by atoms with Crippen LogP contribution in [-0.2, 0) is 16.4 Å². The minimum atomic E-state index is -3.02. The highest BCUT2D eigenvalue weighted by Crippen LogP contribution is 2.12. The van der Waals surface area contributed by atoms with E-state index in [1.807, 2.05) is 25.1 Å². The SMILES string of the molecule is Cc1cccc(CNc2ncc(C(=O)NC3CCS(=O)(=O)C3)cn2)c1. The fourth-order valence-electron chi connectivity index (χ4n) is 2.72. The van der Waals surface area contributed by atoms with Gasteiger partial charge < -0.3 is 10.6 Å². The Hall–Kier alpha value is -2.48. The van der Waals surface area contributed by atoms with Crippen molar-refractivity contribution in [3.8, 4) is 0 Å². The lowest BCUT2D eigenvalue weighted by Gasteiger charge is -2.11. The van der Waals surface area contributed by atoms with E-state index in [0.29, 0.717) is 24.5 Å². The predicted molar refractivity (Wildman–Crippen MR) is 95.1 cm³/mol. The molecule has 1 aliphatic heterocycles. The zero-order valence-electron chi connectivity index (χ0n) is 13.9. The van der Waals surface area contributed by atoms with E-state index in [-0.39, 0.29) is 23.5 Å². The summed E-state index contributed by atoms with van der Waals surface area (Å²) < 4.78 is 22.9. The van der Waals surface area contributed by atoms with Crippen molar-refractivity contribution in [2.75, 3.05) is 16.8 Å². The Morgan fingerprint density at radius 3 is 2.68 bits per heavy atom. The van der Waals surface area contributed by atoms with Crippen LogP contribution in [0.1, 0.15) is 27.9 Å². The Labute approximate surface area is 146 Å². The zero-order valence-corrected chi connectivity index (χ0v) is 14.7. The number of aryl methyl sites for hydroxylation is 1. The Morgan fingerprint density at radius 2 is 2.04 bits per heavy atom. The number of nitrogens with one attached hydrogen (secondary N) is 2. The van der Waals surface area contributed by atoms with Crippen molar-refractivity contribution in [1.29, 1.82) is 0 Å². The summed E-state index contributed by atoms with van der Waals surface area (Å²) in [5.74, 6) is 0.195. The van der Waals surface area contributed by atoms with Gasteiger partial charge in [-0.25, -0.2) is 18.4 Å². The molecule has 1 fully saturated rings. The van der Waals surface area contributed by atoms with Crippen LogP contribution in [0.2, 0.25) is 0 Å². The molecular weight excluding hydrogens is 340 g/mol. The van der Waals surface area contributed by atoms with Crippen LogP contribution in [0.5, 0.6) is 0 Å². The molecule has 0 aliphatic carbocycles. The fraction of sp³-hybridized carbons (Fsp3) is 0.353. The molecule has 8 heteroatoms. The Kier molecular flexibility index (Phi) is 4.98. The number of hydrogen-bond donors (Lipinski definition) is 2. The van der Waals surface area contributed by atoms with Gasteiger partial charge in [0.1, 0.15) is 0 Å². The van der Waals surface area contributed by atoms with Crippen molar-refractivity contribution in [2.45, 2.75) is 25.9 Å². The third-order valence-corrected chi connectivity index (χ3v) is 5.78. The second kappa shape index (κ2) is 7.18. The third-order valence-electron chi connectivity index (χ3n) is 4.01. The van der Waals surface area contributed by atoms with Crippen LogP contribution in [0.25, 0.3) is 0 Å². The smallest absolute Gasteiger partial charge is 0.254 e. The molecular formula is C17H20N4O3S. The number of amides is 1. The molecule has 0 spiro atoms. The lowest BCUT2D eigenvalue weighted by atomic mass is 10.1. The summed E-state index contributed by atoms with van der Waals surface area (Å²) >= 11 is 0. The molecule has 1 saturated heterocycles. The first-order valence-electron chi connectivity index (χ1n) is 8.04. The second-order valence-corrected chi connectivity index (χ2v) is 8.44. The van der Waals surface area contributed by atoms with E-state index >= 15 is 0 Å². The minimum Gasteiger partial charge on any atom is -0.350 e. The summed E-state index contributed by atoms with van der Waals surface area (Å²) in [6.07, 6.45) is 3.32. The van der Waals surface area contributed by atoms with Gasteiger partial charge in [0.2, 0.25) is 5.95 Å². The Bertz CT molecular complexity index is 866. The topological polar surface area (TPSA) is 101 Å². The molecule has 7 nitrogen and oxygen atoms in total. The van der Waals surface area contributed by atoms with Crippen LogP contribution < -0.4 is 10.6 Å². The van der Waals surface area contributed by atoms with E-state index in [9.17, 15) is 13.2 Å². The van der Waals surface area contributed by atoms with Crippen molar-refractivity contribution in [1.82, 2.24) is 15.3 Å². The number of nitrogens with zero attached hydrogens (tertiary/aromatic N) is 2. The van der Waals surface area contributed by atoms with E-state index in [1.54, 1.807) is 0 Å². The van der Waals surface area contributed by atoms with Gasteiger partial charge in [-0.05, 0) is 18.9 Å². The molecule has 2 aromatic rings.